The van der Waals surface area contributed by atoms with Crippen LogP contribution in [-0.2, 0) is 25.8 Å². The van der Waals surface area contributed by atoms with Crippen molar-refractivity contribution in [1.82, 2.24) is 0 Å². The summed E-state index contributed by atoms with van der Waals surface area (Å²) in [6.45, 7) is 6.01. The van der Waals surface area contributed by atoms with Gasteiger partial charge in [-0.3, -0.25) is 9.59 Å². The smallest absolute Gasteiger partial charge is 0.225 e. The number of sulfone groups is 1. The van der Waals surface area contributed by atoms with Gasteiger partial charge in [0.25, 0.3) is 0 Å². The summed E-state index contributed by atoms with van der Waals surface area (Å²) in [6.07, 6.45) is 0.455. The highest BCUT2D eigenvalue weighted by Crippen LogP contribution is 2.31. The molecule has 0 fully saturated rings. The summed E-state index contributed by atoms with van der Waals surface area (Å²) in [4.78, 5) is 25.9. The molecular formula is C22H26N2O5S. The van der Waals surface area contributed by atoms with Crippen LogP contribution in [0.3, 0.4) is 0 Å². The summed E-state index contributed by atoms with van der Waals surface area (Å²) in [5.74, 6) is 0.259. The normalized spacial score (nSPS) is 14.2. The molecule has 30 heavy (non-hydrogen) atoms. The fourth-order valence-electron chi connectivity index (χ4n) is 3.50. The largest absolute Gasteiger partial charge is 0.494 e. The number of carbonyl (C=O) groups is 2. The van der Waals surface area contributed by atoms with Crippen LogP contribution in [0.2, 0.25) is 0 Å². The van der Waals surface area contributed by atoms with Crippen molar-refractivity contribution in [1.29, 1.82) is 0 Å². The maximum atomic E-state index is 13.0. The Balaban J connectivity index is 1.67. The van der Waals surface area contributed by atoms with Crippen LogP contribution >= 0.6 is 0 Å². The molecule has 0 spiro atoms. The monoisotopic (exact) mass is 430 g/mol. The molecule has 0 aromatic heterocycles. The van der Waals surface area contributed by atoms with Crippen molar-refractivity contribution in [3.8, 4) is 5.75 Å². The molecule has 1 aliphatic rings. The van der Waals surface area contributed by atoms with Crippen molar-refractivity contribution in [2.75, 3.05) is 23.4 Å². The molecule has 0 bridgehead atoms. The number of carbonyl (C=O) groups excluding carboxylic acids is 2. The Labute approximate surface area is 177 Å². The first-order valence-corrected chi connectivity index (χ1v) is 11.4. The van der Waals surface area contributed by atoms with E-state index >= 15 is 0 Å². The standard InChI is InChI=1S/C22H26N2O5S/c1-4-29-19-7-5-18(6-8-19)23-22(26)13-15(2)30(27,28)20-9-10-21-17(14-20)11-12-24(21)16(3)25/h5-10,14-15H,4,11-13H2,1-3H3,(H,23,26)/t15-/m1/s1. The number of hydrogen-bond donors (Lipinski definition) is 1. The highest BCUT2D eigenvalue weighted by atomic mass is 32.2. The number of amides is 2. The van der Waals surface area contributed by atoms with E-state index in [1.807, 2.05) is 6.92 Å². The van der Waals surface area contributed by atoms with Crippen LogP contribution in [0.15, 0.2) is 47.4 Å². The van der Waals surface area contributed by atoms with Crippen molar-refractivity contribution in [3.05, 3.63) is 48.0 Å². The van der Waals surface area contributed by atoms with Gasteiger partial charge in [0.1, 0.15) is 5.75 Å². The number of ether oxygens (including phenoxy) is 1. The zero-order chi connectivity index (χ0) is 21.9. The lowest BCUT2D eigenvalue weighted by Crippen LogP contribution is -2.26. The Morgan fingerprint density at radius 1 is 1.17 bits per heavy atom. The van der Waals surface area contributed by atoms with E-state index in [2.05, 4.69) is 5.32 Å². The number of nitrogens with zero attached hydrogens (tertiary/aromatic N) is 1. The van der Waals surface area contributed by atoms with E-state index in [-0.39, 0.29) is 23.1 Å². The van der Waals surface area contributed by atoms with Crippen molar-refractivity contribution in [3.63, 3.8) is 0 Å². The third kappa shape index (κ3) is 4.64. The van der Waals surface area contributed by atoms with Gasteiger partial charge in [-0.1, -0.05) is 0 Å². The predicted molar refractivity (Wildman–Crippen MR) is 116 cm³/mol. The summed E-state index contributed by atoms with van der Waals surface area (Å²) in [6, 6.07) is 11.7. The van der Waals surface area contributed by atoms with E-state index in [0.29, 0.717) is 31.0 Å². The average molecular weight is 431 g/mol. The highest BCUT2D eigenvalue weighted by Gasteiger charge is 2.29. The van der Waals surface area contributed by atoms with Gasteiger partial charge in [-0.25, -0.2) is 8.42 Å². The van der Waals surface area contributed by atoms with E-state index < -0.39 is 15.1 Å². The molecule has 0 unspecified atom stereocenters. The van der Waals surface area contributed by atoms with E-state index in [4.69, 9.17) is 4.74 Å². The molecule has 0 aliphatic carbocycles. The molecule has 2 aromatic carbocycles. The number of nitrogens with one attached hydrogen (secondary N) is 1. The minimum absolute atomic E-state index is 0.0660. The lowest BCUT2D eigenvalue weighted by Gasteiger charge is -2.16. The average Bonchev–Trinajstić information content (AvgIpc) is 3.13. The zero-order valence-corrected chi connectivity index (χ0v) is 18.2. The fraction of sp³-hybridized carbons (Fsp3) is 0.364. The molecule has 2 aromatic rings. The van der Waals surface area contributed by atoms with Gasteiger partial charge < -0.3 is 15.0 Å². The highest BCUT2D eigenvalue weighted by molar-refractivity contribution is 7.92. The molecule has 3 rings (SSSR count). The molecule has 160 valence electrons. The Morgan fingerprint density at radius 3 is 2.50 bits per heavy atom. The number of rotatable bonds is 7. The van der Waals surface area contributed by atoms with Gasteiger partial charge in [0.2, 0.25) is 11.8 Å². The topological polar surface area (TPSA) is 92.8 Å². The Kier molecular flexibility index (Phi) is 6.45. The van der Waals surface area contributed by atoms with E-state index in [1.54, 1.807) is 41.3 Å². The molecule has 8 heteroatoms. The first kappa shape index (κ1) is 21.8. The third-order valence-corrected chi connectivity index (χ3v) is 7.24. The van der Waals surface area contributed by atoms with Gasteiger partial charge in [0, 0.05) is 31.3 Å². The fourth-order valence-corrected chi connectivity index (χ4v) is 4.90. The number of benzene rings is 2. The number of anilines is 2. The maximum absolute atomic E-state index is 13.0. The van der Waals surface area contributed by atoms with Crippen LogP contribution in [0.5, 0.6) is 5.75 Å². The molecule has 2 amide bonds. The quantitative estimate of drug-likeness (QED) is 0.728. The summed E-state index contributed by atoms with van der Waals surface area (Å²) in [7, 11) is -3.68. The van der Waals surface area contributed by atoms with Crippen LogP contribution < -0.4 is 15.0 Å². The van der Waals surface area contributed by atoms with E-state index in [1.165, 1.54) is 19.9 Å². The van der Waals surface area contributed by atoms with Crippen molar-refractivity contribution >= 4 is 33.0 Å². The molecule has 1 aliphatic heterocycles. The van der Waals surface area contributed by atoms with Gasteiger partial charge in [-0.05, 0) is 68.3 Å². The van der Waals surface area contributed by atoms with Crippen molar-refractivity contribution < 1.29 is 22.7 Å². The molecule has 1 atom stereocenters. The molecule has 1 N–H and O–H groups in total. The molecule has 0 saturated heterocycles. The van der Waals surface area contributed by atoms with Gasteiger partial charge in [0.15, 0.2) is 9.84 Å². The molecule has 7 nitrogen and oxygen atoms in total. The van der Waals surface area contributed by atoms with Crippen LogP contribution in [0.4, 0.5) is 11.4 Å². The first-order valence-electron chi connectivity index (χ1n) is 9.90. The molecular weight excluding hydrogens is 404 g/mol. The SMILES string of the molecule is CCOc1ccc(NC(=O)C[C@@H](C)S(=O)(=O)c2ccc3c(c2)CCN3C(C)=O)cc1. The maximum Gasteiger partial charge on any atom is 0.225 e. The Morgan fingerprint density at radius 2 is 1.87 bits per heavy atom. The predicted octanol–water partition coefficient (Wildman–Crippen LogP) is 3.19. The molecule has 1 heterocycles. The zero-order valence-electron chi connectivity index (χ0n) is 17.3. The van der Waals surface area contributed by atoms with Gasteiger partial charge in [0.05, 0.1) is 16.8 Å². The minimum Gasteiger partial charge on any atom is -0.494 e. The lowest BCUT2D eigenvalue weighted by atomic mass is 10.2. The van der Waals surface area contributed by atoms with Crippen LogP contribution in [0.1, 0.15) is 32.8 Å². The lowest BCUT2D eigenvalue weighted by molar-refractivity contribution is -0.117. The molecule has 0 saturated carbocycles. The second-order valence-electron chi connectivity index (χ2n) is 7.28. The van der Waals surface area contributed by atoms with Gasteiger partial charge in [-0.15, -0.1) is 0 Å². The van der Waals surface area contributed by atoms with E-state index in [0.717, 1.165) is 11.3 Å². The summed E-state index contributed by atoms with van der Waals surface area (Å²) < 4.78 is 31.3. The van der Waals surface area contributed by atoms with Crippen LogP contribution in [-0.4, -0.2) is 38.6 Å². The Hall–Kier alpha value is -2.87. The van der Waals surface area contributed by atoms with Gasteiger partial charge >= 0.3 is 0 Å². The summed E-state index contributed by atoms with van der Waals surface area (Å²) in [5.41, 5.74) is 2.16. The van der Waals surface area contributed by atoms with Gasteiger partial charge in [-0.2, -0.15) is 0 Å². The summed E-state index contributed by atoms with van der Waals surface area (Å²) >= 11 is 0. The van der Waals surface area contributed by atoms with Crippen molar-refractivity contribution in [2.24, 2.45) is 0 Å². The second-order valence-corrected chi connectivity index (χ2v) is 9.64. The van der Waals surface area contributed by atoms with E-state index in [9.17, 15) is 18.0 Å². The molecule has 0 radical (unpaired) electrons. The second kappa shape index (κ2) is 8.87. The van der Waals surface area contributed by atoms with Crippen molar-refractivity contribution in [2.45, 2.75) is 43.8 Å². The number of hydrogen-bond acceptors (Lipinski definition) is 5. The third-order valence-electron chi connectivity index (χ3n) is 5.11. The van der Waals surface area contributed by atoms with Crippen LogP contribution in [0.25, 0.3) is 0 Å². The Bertz CT molecular complexity index is 1050. The number of fused-ring (bicyclic) bond motifs is 1. The van der Waals surface area contributed by atoms with Crippen LogP contribution in [0, 0.1) is 0 Å². The summed E-state index contributed by atoms with van der Waals surface area (Å²) in [5, 5.41) is 1.84. The first-order chi connectivity index (χ1) is 14.2. The minimum atomic E-state index is -3.68.